The maximum atomic E-state index is 12.0. The minimum absolute atomic E-state index is 0.254. The molecule has 1 fully saturated rings. The van der Waals surface area contributed by atoms with Gasteiger partial charge in [0.15, 0.2) is 0 Å². The fourth-order valence-electron chi connectivity index (χ4n) is 2.56. The van der Waals surface area contributed by atoms with Crippen molar-refractivity contribution < 1.29 is 17.9 Å². The minimum atomic E-state index is -3.21. The summed E-state index contributed by atoms with van der Waals surface area (Å²) in [6.45, 7) is 12.8. The second-order valence-electron chi connectivity index (χ2n) is 7.72. The van der Waals surface area contributed by atoms with Crippen molar-refractivity contribution in [2.75, 3.05) is 19.6 Å². The molecule has 0 bridgehead atoms. The number of likely N-dealkylation sites (tertiary alicyclic amines) is 1. The molecule has 1 N–H and O–H groups in total. The lowest BCUT2D eigenvalue weighted by atomic mass is 9.85. The molecule has 1 heterocycles. The maximum absolute atomic E-state index is 12.0. The van der Waals surface area contributed by atoms with Crippen molar-refractivity contribution in [2.24, 2.45) is 11.8 Å². The number of nitrogens with one attached hydrogen (secondary N) is 1. The summed E-state index contributed by atoms with van der Waals surface area (Å²) in [6, 6.07) is 0. The average molecular weight is 349 g/mol. The number of hydrogen-bond donors (Lipinski definition) is 1. The normalized spacial score (nSPS) is 19.0. The van der Waals surface area contributed by atoms with Gasteiger partial charge < -0.3 is 9.64 Å². The maximum Gasteiger partial charge on any atom is 0.410 e. The van der Waals surface area contributed by atoms with E-state index >= 15 is 0 Å². The van der Waals surface area contributed by atoms with Gasteiger partial charge in [-0.25, -0.2) is 17.9 Å². The van der Waals surface area contributed by atoms with Crippen LogP contribution in [0.3, 0.4) is 0 Å². The lowest BCUT2D eigenvalue weighted by molar-refractivity contribution is 0.0164. The second-order valence-corrected chi connectivity index (χ2v) is 10.0. The third kappa shape index (κ3) is 6.67. The average Bonchev–Trinajstić information content (AvgIpc) is 2.43. The van der Waals surface area contributed by atoms with Gasteiger partial charge in [0.2, 0.25) is 10.0 Å². The van der Waals surface area contributed by atoms with Crippen molar-refractivity contribution in [3.8, 4) is 0 Å². The SMILES string of the molecule is CC(CNS(=O)(=O)C(C)C)C1CCN(C(=O)OC(C)(C)C)CC1. The Hall–Kier alpha value is -0.820. The van der Waals surface area contributed by atoms with Crippen LogP contribution in [-0.2, 0) is 14.8 Å². The van der Waals surface area contributed by atoms with Crippen LogP contribution in [-0.4, -0.2) is 49.9 Å². The first-order valence-corrected chi connectivity index (χ1v) is 9.93. The molecule has 0 aromatic heterocycles. The van der Waals surface area contributed by atoms with E-state index in [9.17, 15) is 13.2 Å². The number of sulfonamides is 1. The molecule has 23 heavy (non-hydrogen) atoms. The Morgan fingerprint density at radius 3 is 2.17 bits per heavy atom. The number of carbonyl (C=O) groups is 1. The second kappa shape index (κ2) is 7.83. The largest absolute Gasteiger partial charge is 0.444 e. The van der Waals surface area contributed by atoms with Gasteiger partial charge in [0.1, 0.15) is 5.60 Å². The van der Waals surface area contributed by atoms with E-state index < -0.39 is 20.9 Å². The molecule has 0 aromatic carbocycles. The first-order chi connectivity index (χ1) is 10.4. The number of amides is 1. The van der Waals surface area contributed by atoms with E-state index in [-0.39, 0.29) is 12.0 Å². The van der Waals surface area contributed by atoms with E-state index in [1.165, 1.54) is 0 Å². The molecule has 1 aliphatic rings. The van der Waals surface area contributed by atoms with Crippen LogP contribution in [0.25, 0.3) is 0 Å². The zero-order valence-electron chi connectivity index (χ0n) is 15.3. The predicted octanol–water partition coefficient (Wildman–Crippen LogP) is 2.60. The molecule has 6 nitrogen and oxygen atoms in total. The van der Waals surface area contributed by atoms with E-state index in [2.05, 4.69) is 11.6 Å². The first-order valence-electron chi connectivity index (χ1n) is 8.39. The van der Waals surface area contributed by atoms with Gasteiger partial charge in [0.05, 0.1) is 5.25 Å². The van der Waals surface area contributed by atoms with E-state index in [0.29, 0.717) is 25.6 Å². The zero-order valence-corrected chi connectivity index (χ0v) is 16.1. The third-order valence-corrected chi connectivity index (χ3v) is 6.03. The molecule has 0 radical (unpaired) electrons. The highest BCUT2D eigenvalue weighted by atomic mass is 32.2. The summed E-state index contributed by atoms with van der Waals surface area (Å²) in [4.78, 5) is 13.8. The van der Waals surface area contributed by atoms with Gasteiger partial charge in [0, 0.05) is 19.6 Å². The van der Waals surface area contributed by atoms with Crippen molar-refractivity contribution in [2.45, 2.75) is 65.2 Å². The molecule has 7 heteroatoms. The Labute approximate surface area is 141 Å². The molecular weight excluding hydrogens is 316 g/mol. The van der Waals surface area contributed by atoms with Gasteiger partial charge in [-0.2, -0.15) is 0 Å². The number of carbonyl (C=O) groups excluding carboxylic acids is 1. The lowest BCUT2D eigenvalue weighted by Crippen LogP contribution is -2.44. The number of rotatable bonds is 5. The highest BCUT2D eigenvalue weighted by molar-refractivity contribution is 7.90. The van der Waals surface area contributed by atoms with Crippen molar-refractivity contribution in [3.63, 3.8) is 0 Å². The lowest BCUT2D eigenvalue weighted by Gasteiger charge is -2.35. The van der Waals surface area contributed by atoms with Crippen LogP contribution in [0, 0.1) is 11.8 Å². The van der Waals surface area contributed by atoms with Crippen LogP contribution >= 0.6 is 0 Å². The Morgan fingerprint density at radius 1 is 1.22 bits per heavy atom. The highest BCUT2D eigenvalue weighted by Gasteiger charge is 2.29. The monoisotopic (exact) mass is 348 g/mol. The standard InChI is InChI=1S/C16H32N2O4S/c1-12(2)23(20,21)17-11-13(3)14-7-9-18(10-8-14)15(19)22-16(4,5)6/h12-14,17H,7-11H2,1-6H3. The summed E-state index contributed by atoms with van der Waals surface area (Å²) in [5.41, 5.74) is -0.476. The van der Waals surface area contributed by atoms with Crippen LogP contribution in [0.1, 0.15) is 54.4 Å². The molecule has 136 valence electrons. The molecule has 0 aliphatic carbocycles. The molecule has 1 atom stereocenters. The number of nitrogens with zero attached hydrogens (tertiary/aromatic N) is 1. The number of piperidine rings is 1. The van der Waals surface area contributed by atoms with E-state index in [0.717, 1.165) is 12.8 Å². The van der Waals surface area contributed by atoms with E-state index in [4.69, 9.17) is 4.74 Å². The fourth-order valence-corrected chi connectivity index (χ4v) is 3.39. The molecule has 1 amide bonds. The summed E-state index contributed by atoms with van der Waals surface area (Å²) >= 11 is 0. The summed E-state index contributed by atoms with van der Waals surface area (Å²) in [6.07, 6.45) is 1.50. The topological polar surface area (TPSA) is 75.7 Å². The summed E-state index contributed by atoms with van der Waals surface area (Å²) in [7, 11) is -3.21. The number of hydrogen-bond acceptors (Lipinski definition) is 4. The van der Waals surface area contributed by atoms with Gasteiger partial charge in [0.25, 0.3) is 0 Å². The van der Waals surface area contributed by atoms with Crippen LogP contribution in [0.15, 0.2) is 0 Å². The van der Waals surface area contributed by atoms with Gasteiger partial charge in [-0.05, 0) is 59.3 Å². The molecule has 0 saturated carbocycles. The van der Waals surface area contributed by atoms with Crippen molar-refractivity contribution in [3.05, 3.63) is 0 Å². The van der Waals surface area contributed by atoms with Crippen molar-refractivity contribution in [1.29, 1.82) is 0 Å². The molecule has 1 saturated heterocycles. The molecule has 1 unspecified atom stereocenters. The summed E-state index contributed by atoms with van der Waals surface area (Å²) in [5.74, 6) is 0.674. The molecule has 1 aliphatic heterocycles. The van der Waals surface area contributed by atoms with Crippen molar-refractivity contribution >= 4 is 16.1 Å². The first kappa shape index (κ1) is 20.2. The Kier molecular flexibility index (Phi) is 6.89. The van der Waals surface area contributed by atoms with E-state index in [1.807, 2.05) is 20.8 Å². The fraction of sp³-hybridized carbons (Fsp3) is 0.938. The predicted molar refractivity (Wildman–Crippen MR) is 91.8 cm³/mol. The minimum Gasteiger partial charge on any atom is -0.444 e. The van der Waals surface area contributed by atoms with Crippen LogP contribution < -0.4 is 4.72 Å². The van der Waals surface area contributed by atoms with E-state index in [1.54, 1.807) is 18.7 Å². The molecule has 0 spiro atoms. The smallest absolute Gasteiger partial charge is 0.410 e. The van der Waals surface area contributed by atoms with Gasteiger partial charge >= 0.3 is 6.09 Å². The summed E-state index contributed by atoms with van der Waals surface area (Å²) in [5, 5.41) is -0.413. The molecular formula is C16H32N2O4S. The zero-order chi connectivity index (χ0) is 17.8. The van der Waals surface area contributed by atoms with Crippen molar-refractivity contribution in [1.82, 2.24) is 9.62 Å². The van der Waals surface area contributed by atoms with Crippen LogP contribution in [0.5, 0.6) is 0 Å². The highest BCUT2D eigenvalue weighted by Crippen LogP contribution is 2.25. The summed E-state index contributed by atoms with van der Waals surface area (Å²) < 4.78 is 31.7. The Balaban J connectivity index is 2.42. The van der Waals surface area contributed by atoms with Gasteiger partial charge in [-0.15, -0.1) is 0 Å². The van der Waals surface area contributed by atoms with Crippen LogP contribution in [0.2, 0.25) is 0 Å². The number of ether oxygens (including phenoxy) is 1. The van der Waals surface area contributed by atoms with Crippen LogP contribution in [0.4, 0.5) is 4.79 Å². The van der Waals surface area contributed by atoms with Gasteiger partial charge in [-0.1, -0.05) is 6.92 Å². The third-order valence-electron chi connectivity index (χ3n) is 4.22. The molecule has 0 aromatic rings. The molecule has 1 rings (SSSR count). The Morgan fingerprint density at radius 2 is 1.74 bits per heavy atom. The van der Waals surface area contributed by atoms with Gasteiger partial charge in [-0.3, -0.25) is 0 Å². The Bertz CT molecular complexity index is 489. The quantitative estimate of drug-likeness (QED) is 0.828.